The molecule has 2 amide bonds. The molecule has 0 spiro atoms. The second-order valence-electron chi connectivity index (χ2n) is 9.87. The van der Waals surface area contributed by atoms with Crippen molar-refractivity contribution in [2.24, 2.45) is 0 Å². The smallest absolute Gasteiger partial charge is 0.339 e. The number of carboxylic acid groups (broad SMARTS) is 1. The van der Waals surface area contributed by atoms with Gasteiger partial charge in [0.15, 0.2) is 5.75 Å². The largest absolute Gasteiger partial charge is 0.496 e. The first-order valence-electron chi connectivity index (χ1n) is 12.2. The molecule has 7 nitrogen and oxygen atoms in total. The maximum absolute atomic E-state index is 13.0. The summed E-state index contributed by atoms with van der Waals surface area (Å²) in [5.74, 6) is 0.167. The van der Waals surface area contributed by atoms with Crippen LogP contribution in [0.1, 0.15) is 36.7 Å². The Labute approximate surface area is 232 Å². The molecule has 0 saturated carbocycles. The summed E-state index contributed by atoms with van der Waals surface area (Å²) in [6.45, 7) is 6.35. The van der Waals surface area contributed by atoms with E-state index in [1.165, 1.54) is 13.2 Å². The number of para-hydroxylation sites is 1. The Morgan fingerprint density at radius 3 is 2.13 bits per heavy atom. The van der Waals surface area contributed by atoms with Gasteiger partial charge in [0, 0.05) is 0 Å². The summed E-state index contributed by atoms with van der Waals surface area (Å²) in [4.78, 5) is 24.7. The van der Waals surface area contributed by atoms with E-state index >= 15 is 0 Å². The topological polar surface area (TPSA) is 96.9 Å². The van der Waals surface area contributed by atoms with Gasteiger partial charge in [0.2, 0.25) is 0 Å². The summed E-state index contributed by atoms with van der Waals surface area (Å²) in [5, 5.41) is 15.6. The van der Waals surface area contributed by atoms with E-state index in [1.54, 1.807) is 54.6 Å². The molecule has 39 heavy (non-hydrogen) atoms. The number of amides is 2. The first-order valence-corrected chi connectivity index (χ1v) is 12.6. The minimum Gasteiger partial charge on any atom is -0.496 e. The number of anilines is 2. The predicted octanol–water partition coefficient (Wildman–Crippen LogP) is 8.45. The molecular weight excluding hydrogens is 516 g/mol. The molecule has 0 aliphatic carbocycles. The molecule has 4 aromatic rings. The lowest BCUT2D eigenvalue weighted by molar-refractivity contribution is 0.0693. The van der Waals surface area contributed by atoms with Gasteiger partial charge in [-0.3, -0.25) is 0 Å². The average molecular weight is 545 g/mol. The quantitative estimate of drug-likeness (QED) is 0.217. The number of carbonyl (C=O) groups is 2. The Hall–Kier alpha value is -4.49. The van der Waals surface area contributed by atoms with E-state index in [2.05, 4.69) is 31.4 Å². The van der Waals surface area contributed by atoms with Crippen LogP contribution in [0.5, 0.6) is 17.2 Å². The lowest BCUT2D eigenvalue weighted by Crippen LogP contribution is -2.20. The van der Waals surface area contributed by atoms with E-state index in [1.807, 2.05) is 24.3 Å². The van der Waals surface area contributed by atoms with Crippen LogP contribution in [0.15, 0.2) is 84.9 Å². The number of hydrogen-bond donors (Lipinski definition) is 3. The third kappa shape index (κ3) is 6.69. The van der Waals surface area contributed by atoms with Crippen LogP contribution in [-0.2, 0) is 5.41 Å². The molecule has 0 unspecified atom stereocenters. The van der Waals surface area contributed by atoms with E-state index in [0.717, 1.165) is 5.56 Å². The number of nitrogens with one attached hydrogen (secondary N) is 2. The van der Waals surface area contributed by atoms with Crippen LogP contribution >= 0.6 is 11.6 Å². The van der Waals surface area contributed by atoms with E-state index in [9.17, 15) is 14.7 Å². The maximum Gasteiger partial charge on any atom is 0.339 e. The Morgan fingerprint density at radius 2 is 1.46 bits per heavy atom. The monoisotopic (exact) mass is 544 g/mol. The van der Waals surface area contributed by atoms with Crippen LogP contribution < -0.4 is 20.1 Å². The van der Waals surface area contributed by atoms with Crippen molar-refractivity contribution in [3.05, 3.63) is 101 Å². The zero-order valence-corrected chi connectivity index (χ0v) is 22.8. The molecule has 4 rings (SSSR count). The van der Waals surface area contributed by atoms with Crippen molar-refractivity contribution in [1.82, 2.24) is 0 Å². The number of rotatable bonds is 7. The van der Waals surface area contributed by atoms with E-state index in [4.69, 9.17) is 21.1 Å². The van der Waals surface area contributed by atoms with Gasteiger partial charge < -0.3 is 25.2 Å². The Balaban J connectivity index is 1.72. The minimum absolute atomic E-state index is 0.0280. The van der Waals surface area contributed by atoms with Gasteiger partial charge in [0.05, 0.1) is 23.5 Å². The standard InChI is InChI=1S/C31H29ClN2O5/c1-31(2,3)21-8-7-9-22(18-21)39-28-15-13-20(19-12-14-27(38-4)23(16-19)29(35)36)17-26(28)34-30(37)33-25-11-6-5-10-24(25)32/h5-18H,1-4H3,(H,35,36)(H2,33,34,37). The summed E-state index contributed by atoms with van der Waals surface area (Å²) in [7, 11) is 1.42. The van der Waals surface area contributed by atoms with Gasteiger partial charge in [-0.05, 0) is 70.6 Å². The third-order valence-corrected chi connectivity index (χ3v) is 6.37. The normalized spacial score (nSPS) is 11.0. The summed E-state index contributed by atoms with van der Waals surface area (Å²) in [6.07, 6.45) is 0. The van der Waals surface area contributed by atoms with Gasteiger partial charge >= 0.3 is 12.0 Å². The van der Waals surface area contributed by atoms with Crippen molar-refractivity contribution < 1.29 is 24.2 Å². The van der Waals surface area contributed by atoms with Crippen molar-refractivity contribution >= 4 is 35.0 Å². The first-order chi connectivity index (χ1) is 18.5. The zero-order valence-electron chi connectivity index (χ0n) is 22.0. The fourth-order valence-corrected chi connectivity index (χ4v) is 4.13. The average Bonchev–Trinajstić information content (AvgIpc) is 2.90. The summed E-state index contributed by atoms with van der Waals surface area (Å²) < 4.78 is 11.4. The van der Waals surface area contributed by atoms with E-state index < -0.39 is 12.0 Å². The van der Waals surface area contributed by atoms with Crippen molar-refractivity contribution in [1.29, 1.82) is 0 Å². The van der Waals surface area contributed by atoms with Crippen molar-refractivity contribution in [3.8, 4) is 28.4 Å². The third-order valence-electron chi connectivity index (χ3n) is 6.04. The SMILES string of the molecule is COc1ccc(-c2ccc(Oc3cccc(C(C)(C)C)c3)c(NC(=O)Nc3ccccc3Cl)c2)cc1C(=O)O. The Bertz CT molecular complexity index is 1530. The summed E-state index contributed by atoms with van der Waals surface area (Å²) in [5.41, 5.74) is 3.19. The molecule has 0 saturated heterocycles. The van der Waals surface area contributed by atoms with Crippen LogP contribution in [0.25, 0.3) is 11.1 Å². The number of carboxylic acids is 1. The van der Waals surface area contributed by atoms with Gasteiger partial charge in [-0.1, -0.05) is 68.8 Å². The van der Waals surface area contributed by atoms with Crippen LogP contribution in [0, 0.1) is 0 Å². The summed E-state index contributed by atoms with van der Waals surface area (Å²) in [6, 6.07) is 24.3. The molecule has 0 radical (unpaired) electrons. The lowest BCUT2D eigenvalue weighted by atomic mass is 9.87. The number of methoxy groups -OCH3 is 1. The van der Waals surface area contributed by atoms with E-state index in [-0.39, 0.29) is 16.7 Å². The first kappa shape index (κ1) is 27.5. The second-order valence-corrected chi connectivity index (χ2v) is 10.3. The molecule has 0 aliphatic heterocycles. The van der Waals surface area contributed by atoms with Gasteiger partial charge in [0.25, 0.3) is 0 Å². The van der Waals surface area contributed by atoms with E-state index in [0.29, 0.717) is 39.0 Å². The van der Waals surface area contributed by atoms with Crippen LogP contribution in [-0.4, -0.2) is 24.2 Å². The number of benzene rings is 4. The Morgan fingerprint density at radius 1 is 0.795 bits per heavy atom. The van der Waals surface area contributed by atoms with Crippen molar-refractivity contribution in [2.75, 3.05) is 17.7 Å². The van der Waals surface area contributed by atoms with Crippen LogP contribution in [0.3, 0.4) is 0 Å². The molecule has 0 aliphatic rings. The molecule has 200 valence electrons. The van der Waals surface area contributed by atoms with Crippen molar-refractivity contribution in [3.63, 3.8) is 0 Å². The van der Waals surface area contributed by atoms with Gasteiger partial charge in [-0.15, -0.1) is 0 Å². The fraction of sp³-hybridized carbons (Fsp3) is 0.161. The second kappa shape index (κ2) is 11.5. The van der Waals surface area contributed by atoms with Gasteiger partial charge in [0.1, 0.15) is 17.1 Å². The maximum atomic E-state index is 13.0. The molecular formula is C31H29ClN2O5. The summed E-state index contributed by atoms with van der Waals surface area (Å²) >= 11 is 6.21. The number of aromatic carboxylic acids is 1. The Kier molecular flexibility index (Phi) is 8.12. The molecule has 4 aromatic carbocycles. The van der Waals surface area contributed by atoms with Gasteiger partial charge in [-0.25, -0.2) is 9.59 Å². The molecule has 0 atom stereocenters. The molecule has 0 aromatic heterocycles. The highest BCUT2D eigenvalue weighted by atomic mass is 35.5. The predicted molar refractivity (Wildman–Crippen MR) is 155 cm³/mol. The lowest BCUT2D eigenvalue weighted by Gasteiger charge is -2.20. The molecule has 0 bridgehead atoms. The molecule has 0 fully saturated rings. The number of urea groups is 1. The molecule has 8 heteroatoms. The van der Waals surface area contributed by atoms with Crippen LogP contribution in [0.4, 0.5) is 16.2 Å². The molecule has 3 N–H and O–H groups in total. The molecule has 0 heterocycles. The fourth-order valence-electron chi connectivity index (χ4n) is 3.94. The number of halogens is 1. The highest BCUT2D eigenvalue weighted by Gasteiger charge is 2.17. The number of hydrogen-bond acceptors (Lipinski definition) is 4. The van der Waals surface area contributed by atoms with Crippen LogP contribution in [0.2, 0.25) is 5.02 Å². The number of ether oxygens (including phenoxy) is 2. The van der Waals surface area contributed by atoms with Gasteiger partial charge in [-0.2, -0.15) is 0 Å². The minimum atomic E-state index is -1.11. The number of carbonyl (C=O) groups excluding carboxylic acids is 1. The van der Waals surface area contributed by atoms with Crippen molar-refractivity contribution in [2.45, 2.75) is 26.2 Å². The highest BCUT2D eigenvalue weighted by Crippen LogP contribution is 2.36. The highest BCUT2D eigenvalue weighted by molar-refractivity contribution is 6.33. The zero-order chi connectivity index (χ0) is 28.2.